The normalized spacial score (nSPS) is 14.4. The van der Waals surface area contributed by atoms with E-state index in [9.17, 15) is 4.79 Å². The van der Waals surface area contributed by atoms with Crippen molar-refractivity contribution in [3.8, 4) is 0 Å². The molecule has 0 aromatic heterocycles. The zero-order chi connectivity index (χ0) is 10.1. The first kappa shape index (κ1) is 9.09. The summed E-state index contributed by atoms with van der Waals surface area (Å²) in [5, 5.41) is 0. The van der Waals surface area contributed by atoms with Crippen molar-refractivity contribution in [3.05, 3.63) is 48.0 Å². The van der Waals surface area contributed by atoms with E-state index in [1.165, 1.54) is 0 Å². The van der Waals surface area contributed by atoms with Crippen LogP contribution >= 0.6 is 12.2 Å². The van der Waals surface area contributed by atoms with E-state index in [2.05, 4.69) is 6.58 Å². The van der Waals surface area contributed by atoms with Gasteiger partial charge < -0.3 is 0 Å². The average Bonchev–Trinajstić information content (AvgIpc) is 2.45. The van der Waals surface area contributed by atoms with Gasteiger partial charge in [-0.2, -0.15) is 0 Å². The van der Waals surface area contributed by atoms with E-state index < -0.39 is 0 Å². The van der Waals surface area contributed by atoms with Crippen molar-refractivity contribution in [1.82, 2.24) is 4.90 Å². The number of carbonyl (C=O) groups is 1. The maximum atomic E-state index is 11.8. The summed E-state index contributed by atoms with van der Waals surface area (Å²) in [6.07, 6.45) is 1.68. The van der Waals surface area contributed by atoms with Crippen molar-refractivity contribution in [2.45, 2.75) is 0 Å². The minimum Gasteiger partial charge on any atom is -0.295 e. The summed E-state index contributed by atoms with van der Waals surface area (Å²) >= 11 is 5.20. The summed E-state index contributed by atoms with van der Waals surface area (Å²) in [5.41, 5.74) is 1.55. The third-order valence-corrected chi connectivity index (χ3v) is 2.63. The van der Waals surface area contributed by atoms with Gasteiger partial charge >= 0.3 is 0 Å². The maximum Gasteiger partial charge on any atom is 0.259 e. The lowest BCUT2D eigenvalue weighted by atomic mass is 10.1. The molecule has 14 heavy (non-hydrogen) atoms. The fraction of sp³-hybridized carbons (Fsp3) is 0.0909. The number of carbonyl (C=O) groups excluding carboxylic acids is 1. The summed E-state index contributed by atoms with van der Waals surface area (Å²) in [5.74, 6) is -0.0227. The van der Waals surface area contributed by atoms with Gasteiger partial charge in [-0.25, -0.2) is 0 Å². The van der Waals surface area contributed by atoms with Crippen LogP contribution in [-0.4, -0.2) is 22.3 Å². The Hall–Kier alpha value is -1.48. The molecule has 0 bridgehead atoms. The smallest absolute Gasteiger partial charge is 0.259 e. The Labute approximate surface area is 87.8 Å². The molecule has 3 heteroatoms. The highest BCUT2D eigenvalue weighted by molar-refractivity contribution is 7.80. The summed E-state index contributed by atoms with van der Waals surface area (Å²) < 4.78 is 0. The predicted molar refractivity (Wildman–Crippen MR) is 59.4 cm³/mol. The van der Waals surface area contributed by atoms with Crippen LogP contribution in [0.4, 0.5) is 0 Å². The number of rotatable bonds is 2. The van der Waals surface area contributed by atoms with Crippen LogP contribution in [0.15, 0.2) is 36.9 Å². The molecule has 0 saturated heterocycles. The first-order valence-electron chi connectivity index (χ1n) is 4.32. The number of hydrogen-bond acceptors (Lipinski definition) is 2. The molecule has 0 radical (unpaired) electrons. The van der Waals surface area contributed by atoms with E-state index >= 15 is 0 Å². The number of fused-ring (bicyclic) bond motifs is 1. The van der Waals surface area contributed by atoms with Crippen molar-refractivity contribution in [2.24, 2.45) is 0 Å². The highest BCUT2D eigenvalue weighted by Crippen LogP contribution is 2.22. The Morgan fingerprint density at radius 1 is 1.36 bits per heavy atom. The molecule has 0 atom stereocenters. The van der Waals surface area contributed by atoms with Crippen LogP contribution in [0.1, 0.15) is 15.9 Å². The molecule has 1 aliphatic heterocycles. The second-order valence-corrected chi connectivity index (χ2v) is 3.44. The summed E-state index contributed by atoms with van der Waals surface area (Å²) in [6, 6.07) is 7.40. The molecule has 70 valence electrons. The lowest BCUT2D eigenvalue weighted by Gasteiger charge is -2.12. The van der Waals surface area contributed by atoms with Crippen LogP contribution in [-0.2, 0) is 0 Å². The number of thiocarbonyl (C=S) groups is 1. The first-order valence-corrected chi connectivity index (χ1v) is 4.72. The van der Waals surface area contributed by atoms with Crippen molar-refractivity contribution in [2.75, 3.05) is 6.54 Å². The summed E-state index contributed by atoms with van der Waals surface area (Å²) in [4.78, 5) is 14.0. The molecular weight excluding hydrogens is 194 g/mol. The number of amides is 1. The Kier molecular flexibility index (Phi) is 2.17. The monoisotopic (exact) mass is 203 g/mol. The van der Waals surface area contributed by atoms with Gasteiger partial charge in [0.25, 0.3) is 5.91 Å². The summed E-state index contributed by atoms with van der Waals surface area (Å²) in [6.45, 7) is 4.08. The molecule has 0 unspecified atom stereocenters. The Morgan fingerprint density at radius 3 is 2.57 bits per heavy atom. The molecular formula is C11H9NOS. The van der Waals surface area contributed by atoms with E-state index in [-0.39, 0.29) is 5.91 Å². The highest BCUT2D eigenvalue weighted by atomic mass is 32.1. The fourth-order valence-electron chi connectivity index (χ4n) is 1.53. The van der Waals surface area contributed by atoms with Crippen molar-refractivity contribution < 1.29 is 4.79 Å². The molecule has 1 amide bonds. The lowest BCUT2D eigenvalue weighted by Crippen LogP contribution is -2.28. The molecule has 0 fully saturated rings. The zero-order valence-corrected chi connectivity index (χ0v) is 8.38. The van der Waals surface area contributed by atoms with Crippen LogP contribution in [0, 0.1) is 0 Å². The van der Waals surface area contributed by atoms with Crippen molar-refractivity contribution in [1.29, 1.82) is 0 Å². The maximum absolute atomic E-state index is 11.8. The molecule has 2 rings (SSSR count). The summed E-state index contributed by atoms with van der Waals surface area (Å²) in [7, 11) is 0. The van der Waals surface area contributed by atoms with Crippen LogP contribution in [0.25, 0.3) is 0 Å². The standard InChI is InChI=1S/C11H9NOS/c1-2-7-12-10(13)8-5-3-4-6-9(8)11(12)14/h2-6H,1,7H2. The molecule has 1 aromatic rings. The van der Waals surface area contributed by atoms with Gasteiger partial charge in [0, 0.05) is 12.1 Å². The van der Waals surface area contributed by atoms with Crippen LogP contribution in [0.5, 0.6) is 0 Å². The highest BCUT2D eigenvalue weighted by Gasteiger charge is 2.30. The molecule has 0 spiro atoms. The minimum absolute atomic E-state index is 0.0227. The quantitative estimate of drug-likeness (QED) is 0.541. The van der Waals surface area contributed by atoms with E-state index in [0.717, 1.165) is 5.56 Å². The minimum atomic E-state index is -0.0227. The van der Waals surface area contributed by atoms with E-state index in [1.54, 1.807) is 17.0 Å². The third kappa shape index (κ3) is 1.17. The first-order chi connectivity index (χ1) is 6.75. The van der Waals surface area contributed by atoms with Crippen LogP contribution in [0.3, 0.4) is 0 Å². The van der Waals surface area contributed by atoms with Crippen molar-refractivity contribution >= 4 is 23.1 Å². The van der Waals surface area contributed by atoms with Gasteiger partial charge in [-0.3, -0.25) is 9.69 Å². The molecule has 1 heterocycles. The number of benzene rings is 1. The van der Waals surface area contributed by atoms with E-state index in [4.69, 9.17) is 12.2 Å². The predicted octanol–water partition coefficient (Wildman–Crippen LogP) is 2.00. The van der Waals surface area contributed by atoms with Gasteiger partial charge in [-0.15, -0.1) is 6.58 Å². The van der Waals surface area contributed by atoms with Gasteiger partial charge in [0.2, 0.25) is 0 Å². The van der Waals surface area contributed by atoms with Crippen LogP contribution < -0.4 is 0 Å². The molecule has 0 aliphatic carbocycles. The lowest BCUT2D eigenvalue weighted by molar-refractivity contribution is 0.0872. The molecule has 0 N–H and O–H groups in total. The molecule has 1 aromatic carbocycles. The Balaban J connectivity index is 2.48. The van der Waals surface area contributed by atoms with Gasteiger partial charge in [-0.05, 0) is 6.07 Å². The van der Waals surface area contributed by atoms with Gasteiger partial charge in [0.05, 0.1) is 5.56 Å². The van der Waals surface area contributed by atoms with Gasteiger partial charge in [0.1, 0.15) is 4.99 Å². The van der Waals surface area contributed by atoms with E-state index in [0.29, 0.717) is 17.1 Å². The third-order valence-electron chi connectivity index (χ3n) is 2.19. The fourth-order valence-corrected chi connectivity index (χ4v) is 1.87. The van der Waals surface area contributed by atoms with Crippen LogP contribution in [0.2, 0.25) is 0 Å². The second kappa shape index (κ2) is 3.35. The SMILES string of the molecule is C=CCN1C(=O)c2ccccc2C1=S. The average molecular weight is 203 g/mol. The largest absolute Gasteiger partial charge is 0.295 e. The Bertz CT molecular complexity index is 390. The molecule has 2 nitrogen and oxygen atoms in total. The second-order valence-electron chi connectivity index (χ2n) is 3.06. The van der Waals surface area contributed by atoms with Crippen molar-refractivity contribution in [3.63, 3.8) is 0 Å². The number of nitrogens with zero attached hydrogens (tertiary/aromatic N) is 1. The molecule has 0 saturated carbocycles. The van der Waals surface area contributed by atoms with Gasteiger partial charge in [-0.1, -0.05) is 36.5 Å². The number of hydrogen-bond donors (Lipinski definition) is 0. The van der Waals surface area contributed by atoms with Gasteiger partial charge in [0.15, 0.2) is 0 Å². The zero-order valence-electron chi connectivity index (χ0n) is 7.56. The van der Waals surface area contributed by atoms with E-state index in [1.807, 2.05) is 18.2 Å². The Morgan fingerprint density at radius 2 is 2.00 bits per heavy atom. The topological polar surface area (TPSA) is 20.3 Å². The molecule has 1 aliphatic rings.